The average Bonchev–Trinajstić information content (AvgIpc) is 2.45. The summed E-state index contributed by atoms with van der Waals surface area (Å²) in [6.45, 7) is 10.3. The van der Waals surface area contributed by atoms with Crippen molar-refractivity contribution < 1.29 is 0 Å². The van der Waals surface area contributed by atoms with Crippen molar-refractivity contribution in [3.8, 4) is 0 Å². The highest BCUT2D eigenvalue weighted by molar-refractivity contribution is 5.27. The molecule has 102 valence electrons. The molecule has 0 saturated carbocycles. The number of hydrogen-bond donors (Lipinski definition) is 1. The van der Waals surface area contributed by atoms with Crippen LogP contribution in [-0.2, 0) is 5.41 Å². The second kappa shape index (κ2) is 7.58. The van der Waals surface area contributed by atoms with Crippen molar-refractivity contribution in [3.05, 3.63) is 35.9 Å². The fraction of sp³-hybridized carbons (Fsp3) is 0.647. The van der Waals surface area contributed by atoms with Crippen LogP contribution in [0.5, 0.6) is 0 Å². The first-order valence-electron chi connectivity index (χ1n) is 7.54. The summed E-state index contributed by atoms with van der Waals surface area (Å²) in [5.41, 5.74) is 1.77. The molecule has 1 atom stereocenters. The van der Waals surface area contributed by atoms with E-state index in [9.17, 15) is 0 Å². The molecule has 1 aromatic carbocycles. The monoisotopic (exact) mass is 247 g/mol. The molecule has 0 bridgehead atoms. The van der Waals surface area contributed by atoms with Gasteiger partial charge in [0.25, 0.3) is 0 Å². The molecule has 0 aromatic heterocycles. The highest BCUT2D eigenvalue weighted by Gasteiger charge is 2.35. The minimum atomic E-state index is 0.283. The minimum absolute atomic E-state index is 0.283. The smallest absolute Gasteiger partial charge is 0.0161 e. The van der Waals surface area contributed by atoms with Crippen LogP contribution in [0.3, 0.4) is 0 Å². The van der Waals surface area contributed by atoms with Crippen LogP contribution in [0.2, 0.25) is 0 Å². The minimum Gasteiger partial charge on any atom is -0.313 e. The molecule has 1 N–H and O–H groups in total. The van der Waals surface area contributed by atoms with Gasteiger partial charge in [0.15, 0.2) is 0 Å². The van der Waals surface area contributed by atoms with Gasteiger partial charge in [-0.3, -0.25) is 0 Å². The van der Waals surface area contributed by atoms with Gasteiger partial charge in [0.2, 0.25) is 0 Å². The van der Waals surface area contributed by atoms with Gasteiger partial charge >= 0.3 is 0 Å². The first-order valence-corrected chi connectivity index (χ1v) is 7.54. The Morgan fingerprint density at radius 2 is 1.61 bits per heavy atom. The molecule has 0 fully saturated rings. The van der Waals surface area contributed by atoms with Crippen LogP contribution in [-0.4, -0.2) is 12.6 Å². The van der Waals surface area contributed by atoms with Gasteiger partial charge < -0.3 is 5.32 Å². The van der Waals surface area contributed by atoms with Crippen LogP contribution in [0.15, 0.2) is 30.3 Å². The van der Waals surface area contributed by atoms with Gasteiger partial charge in [-0.15, -0.1) is 0 Å². The van der Waals surface area contributed by atoms with Crippen molar-refractivity contribution in [1.82, 2.24) is 5.32 Å². The highest BCUT2D eigenvalue weighted by atomic mass is 14.9. The van der Waals surface area contributed by atoms with Crippen molar-refractivity contribution in [3.63, 3.8) is 0 Å². The molecule has 0 saturated heterocycles. The molecule has 0 radical (unpaired) electrons. The Morgan fingerprint density at radius 1 is 1.00 bits per heavy atom. The molecule has 0 spiro atoms. The van der Waals surface area contributed by atoms with E-state index in [-0.39, 0.29) is 5.41 Å². The third-order valence-corrected chi connectivity index (χ3v) is 4.33. The lowest BCUT2D eigenvalue weighted by molar-refractivity contribution is 0.264. The van der Waals surface area contributed by atoms with E-state index in [2.05, 4.69) is 63.3 Å². The number of nitrogens with one attached hydrogen (secondary N) is 1. The summed E-state index contributed by atoms with van der Waals surface area (Å²) in [4.78, 5) is 0. The Labute approximate surface area is 113 Å². The van der Waals surface area contributed by atoms with Crippen LogP contribution < -0.4 is 5.32 Å². The van der Waals surface area contributed by atoms with Crippen LogP contribution in [0, 0.1) is 0 Å². The van der Waals surface area contributed by atoms with Gasteiger partial charge in [0, 0.05) is 11.5 Å². The maximum Gasteiger partial charge on any atom is 0.0161 e. The van der Waals surface area contributed by atoms with Gasteiger partial charge in [-0.2, -0.15) is 0 Å². The highest BCUT2D eigenvalue weighted by Crippen LogP contribution is 2.36. The first-order chi connectivity index (χ1) is 8.75. The second-order valence-electron chi connectivity index (χ2n) is 5.14. The number of hydrogen-bond acceptors (Lipinski definition) is 1. The molecule has 1 nitrogen and oxygen atoms in total. The summed E-state index contributed by atoms with van der Waals surface area (Å²) in [6, 6.07) is 11.6. The van der Waals surface area contributed by atoms with E-state index >= 15 is 0 Å². The van der Waals surface area contributed by atoms with E-state index in [0.29, 0.717) is 6.04 Å². The second-order valence-corrected chi connectivity index (χ2v) is 5.14. The zero-order valence-corrected chi connectivity index (χ0v) is 12.5. The third kappa shape index (κ3) is 3.14. The molecule has 0 amide bonds. The van der Waals surface area contributed by atoms with Gasteiger partial charge in [-0.1, -0.05) is 58.0 Å². The standard InChI is InChI=1S/C17H29N/c1-5-14-18-16(6-2)17(7-3,8-4)15-12-10-9-11-13-15/h9-13,16,18H,5-8,14H2,1-4H3. The zero-order valence-electron chi connectivity index (χ0n) is 12.5. The molecule has 0 aliphatic carbocycles. The molecule has 0 aliphatic rings. The average molecular weight is 247 g/mol. The number of rotatable bonds is 8. The van der Waals surface area contributed by atoms with E-state index in [4.69, 9.17) is 0 Å². The third-order valence-electron chi connectivity index (χ3n) is 4.33. The van der Waals surface area contributed by atoms with E-state index in [1.165, 1.54) is 31.2 Å². The Bertz CT molecular complexity index is 314. The largest absolute Gasteiger partial charge is 0.313 e. The summed E-state index contributed by atoms with van der Waals surface area (Å²) < 4.78 is 0. The fourth-order valence-corrected chi connectivity index (χ4v) is 3.17. The zero-order chi connectivity index (χ0) is 13.4. The summed E-state index contributed by atoms with van der Waals surface area (Å²) in [5, 5.41) is 3.76. The van der Waals surface area contributed by atoms with Crippen LogP contribution in [0.1, 0.15) is 58.9 Å². The predicted octanol–water partition coefficient (Wildman–Crippen LogP) is 4.52. The summed E-state index contributed by atoms with van der Waals surface area (Å²) in [5.74, 6) is 0. The summed E-state index contributed by atoms with van der Waals surface area (Å²) in [7, 11) is 0. The molecule has 18 heavy (non-hydrogen) atoms. The van der Waals surface area contributed by atoms with E-state index < -0.39 is 0 Å². The van der Waals surface area contributed by atoms with E-state index in [0.717, 1.165) is 6.54 Å². The Hall–Kier alpha value is -0.820. The molecule has 1 rings (SSSR count). The number of benzene rings is 1. The lowest BCUT2D eigenvalue weighted by Crippen LogP contribution is -2.48. The van der Waals surface area contributed by atoms with Gasteiger partial charge in [-0.05, 0) is 37.8 Å². The lowest BCUT2D eigenvalue weighted by Gasteiger charge is -2.40. The van der Waals surface area contributed by atoms with Crippen molar-refractivity contribution in [2.75, 3.05) is 6.54 Å². The first kappa shape index (κ1) is 15.2. The maximum absolute atomic E-state index is 3.76. The molecule has 1 unspecified atom stereocenters. The van der Waals surface area contributed by atoms with Crippen LogP contribution in [0.25, 0.3) is 0 Å². The molecule has 0 heterocycles. The predicted molar refractivity (Wildman–Crippen MR) is 81.1 cm³/mol. The summed E-state index contributed by atoms with van der Waals surface area (Å²) >= 11 is 0. The van der Waals surface area contributed by atoms with Gasteiger partial charge in [0.1, 0.15) is 0 Å². The Balaban J connectivity index is 3.04. The Morgan fingerprint density at radius 3 is 2.06 bits per heavy atom. The topological polar surface area (TPSA) is 12.0 Å². The lowest BCUT2D eigenvalue weighted by atomic mass is 9.69. The maximum atomic E-state index is 3.76. The van der Waals surface area contributed by atoms with E-state index in [1.54, 1.807) is 0 Å². The quantitative estimate of drug-likeness (QED) is 0.712. The molecule has 0 aliphatic heterocycles. The SMILES string of the molecule is CCCNC(CC)C(CC)(CC)c1ccccc1. The molecular formula is C17H29N. The summed E-state index contributed by atoms with van der Waals surface area (Å²) in [6.07, 6.45) is 4.79. The fourth-order valence-electron chi connectivity index (χ4n) is 3.17. The van der Waals surface area contributed by atoms with E-state index in [1.807, 2.05) is 0 Å². The van der Waals surface area contributed by atoms with Crippen molar-refractivity contribution in [2.45, 2.75) is 64.8 Å². The Kier molecular flexibility index (Phi) is 6.42. The van der Waals surface area contributed by atoms with Gasteiger partial charge in [-0.25, -0.2) is 0 Å². The van der Waals surface area contributed by atoms with Crippen LogP contribution in [0.4, 0.5) is 0 Å². The van der Waals surface area contributed by atoms with Crippen LogP contribution >= 0.6 is 0 Å². The normalized spacial score (nSPS) is 13.6. The molecular weight excluding hydrogens is 218 g/mol. The van der Waals surface area contributed by atoms with Gasteiger partial charge in [0.05, 0.1) is 0 Å². The van der Waals surface area contributed by atoms with Crippen molar-refractivity contribution in [2.24, 2.45) is 0 Å². The molecule has 1 heteroatoms. The molecule has 1 aromatic rings. The van der Waals surface area contributed by atoms with Crippen molar-refractivity contribution in [1.29, 1.82) is 0 Å². The van der Waals surface area contributed by atoms with Crippen molar-refractivity contribution >= 4 is 0 Å².